The first-order chi connectivity index (χ1) is 8.38. The van der Waals surface area contributed by atoms with Crippen LogP contribution in [-0.4, -0.2) is 23.0 Å². The maximum atomic E-state index is 10.1. The van der Waals surface area contributed by atoms with E-state index in [1.807, 2.05) is 23.1 Å². The van der Waals surface area contributed by atoms with Gasteiger partial charge >= 0.3 is 0 Å². The lowest BCUT2D eigenvalue weighted by Crippen LogP contribution is -2.39. The first kappa shape index (κ1) is 14.4. The normalized spacial score (nSPS) is 25.8. The molecule has 0 saturated heterocycles. The zero-order chi connectivity index (χ0) is 13.3. The second-order valence-electron chi connectivity index (χ2n) is 6.17. The molecule has 3 atom stereocenters. The Labute approximate surface area is 118 Å². The van der Waals surface area contributed by atoms with Crippen molar-refractivity contribution in [2.45, 2.75) is 55.7 Å². The third-order valence-corrected chi connectivity index (χ3v) is 5.81. The van der Waals surface area contributed by atoms with Gasteiger partial charge in [0.1, 0.15) is 0 Å². The Balaban J connectivity index is 1.99. The van der Waals surface area contributed by atoms with E-state index in [0.717, 1.165) is 6.42 Å². The summed E-state index contributed by atoms with van der Waals surface area (Å²) in [4.78, 5) is 0. The molecule has 0 radical (unpaired) electrons. The molecule has 1 aliphatic rings. The number of aliphatic hydroxyl groups is 1. The molecule has 0 aromatic carbocycles. The highest BCUT2D eigenvalue weighted by Crippen LogP contribution is 2.43. The van der Waals surface area contributed by atoms with Crippen LogP contribution in [-0.2, 0) is 0 Å². The van der Waals surface area contributed by atoms with Crippen molar-refractivity contribution in [3.8, 4) is 0 Å². The summed E-state index contributed by atoms with van der Waals surface area (Å²) in [5.74, 6) is 0. The average Bonchev–Trinajstić information content (AvgIpc) is 2.71. The van der Waals surface area contributed by atoms with E-state index in [4.69, 9.17) is 0 Å². The Hall–Kier alpha value is -0.0300. The van der Waals surface area contributed by atoms with Crippen LogP contribution < -0.4 is 5.32 Å². The van der Waals surface area contributed by atoms with Gasteiger partial charge in [-0.2, -0.15) is 0 Å². The SMILES string of the molecule is C[C@H]1CC(NCC(O)C(C)(C)C)c2ccsc2S1. The number of thiophene rings is 1. The van der Waals surface area contributed by atoms with Gasteiger partial charge in [-0.1, -0.05) is 27.7 Å². The molecule has 102 valence electrons. The van der Waals surface area contributed by atoms with E-state index in [-0.39, 0.29) is 11.5 Å². The van der Waals surface area contributed by atoms with Gasteiger partial charge in [0.15, 0.2) is 0 Å². The molecule has 1 aromatic heterocycles. The summed E-state index contributed by atoms with van der Waals surface area (Å²) < 4.78 is 1.44. The molecule has 1 aliphatic heterocycles. The fourth-order valence-electron chi connectivity index (χ4n) is 2.10. The molecule has 2 rings (SSSR count). The standard InChI is InChI=1S/C14H23NOS2/c1-9-7-11(10-5-6-17-13(10)18-9)15-8-12(16)14(2,3)4/h5-6,9,11-12,15-16H,7-8H2,1-4H3/t9-,11?,12?/m0/s1. The van der Waals surface area contributed by atoms with Crippen molar-refractivity contribution in [2.75, 3.05) is 6.54 Å². The summed E-state index contributed by atoms with van der Waals surface area (Å²) in [6.07, 6.45) is 0.843. The Kier molecular flexibility index (Phi) is 4.42. The van der Waals surface area contributed by atoms with Crippen molar-refractivity contribution >= 4 is 23.1 Å². The Morgan fingerprint density at radius 3 is 2.89 bits per heavy atom. The van der Waals surface area contributed by atoms with E-state index in [2.05, 4.69) is 44.5 Å². The van der Waals surface area contributed by atoms with Crippen molar-refractivity contribution in [2.24, 2.45) is 5.41 Å². The number of rotatable bonds is 3. The van der Waals surface area contributed by atoms with Gasteiger partial charge in [0.2, 0.25) is 0 Å². The van der Waals surface area contributed by atoms with Crippen LogP contribution in [0, 0.1) is 5.41 Å². The molecule has 0 spiro atoms. The predicted octanol–water partition coefficient (Wildman–Crippen LogP) is 3.67. The number of hydrogen-bond donors (Lipinski definition) is 2. The van der Waals surface area contributed by atoms with E-state index >= 15 is 0 Å². The third-order valence-electron chi connectivity index (χ3n) is 3.47. The van der Waals surface area contributed by atoms with Gasteiger partial charge in [0, 0.05) is 17.8 Å². The van der Waals surface area contributed by atoms with E-state index in [9.17, 15) is 5.11 Å². The predicted molar refractivity (Wildman–Crippen MR) is 80.5 cm³/mol. The van der Waals surface area contributed by atoms with Crippen molar-refractivity contribution in [3.63, 3.8) is 0 Å². The molecule has 18 heavy (non-hydrogen) atoms. The van der Waals surface area contributed by atoms with Crippen LogP contribution in [0.5, 0.6) is 0 Å². The lowest BCUT2D eigenvalue weighted by Gasteiger charge is -2.31. The van der Waals surface area contributed by atoms with Crippen molar-refractivity contribution in [1.29, 1.82) is 0 Å². The Morgan fingerprint density at radius 1 is 1.50 bits per heavy atom. The van der Waals surface area contributed by atoms with Gasteiger partial charge in [-0.25, -0.2) is 0 Å². The average molecular weight is 285 g/mol. The van der Waals surface area contributed by atoms with Gasteiger partial charge < -0.3 is 10.4 Å². The quantitative estimate of drug-likeness (QED) is 0.889. The summed E-state index contributed by atoms with van der Waals surface area (Å²) in [5.41, 5.74) is 1.36. The lowest BCUT2D eigenvalue weighted by molar-refractivity contribution is 0.0600. The molecule has 2 N–H and O–H groups in total. The molecule has 0 aliphatic carbocycles. The largest absolute Gasteiger partial charge is 0.391 e. The molecule has 0 saturated carbocycles. The minimum absolute atomic E-state index is 0.0560. The summed E-state index contributed by atoms with van der Waals surface area (Å²) in [7, 11) is 0. The summed E-state index contributed by atoms with van der Waals surface area (Å²) >= 11 is 3.81. The Morgan fingerprint density at radius 2 is 2.22 bits per heavy atom. The number of aliphatic hydroxyl groups excluding tert-OH is 1. The van der Waals surface area contributed by atoms with Crippen molar-refractivity contribution in [3.05, 3.63) is 17.0 Å². The molecule has 4 heteroatoms. The molecule has 0 amide bonds. The van der Waals surface area contributed by atoms with Crippen LogP contribution in [0.15, 0.2) is 15.7 Å². The fourth-order valence-corrected chi connectivity index (χ4v) is 4.67. The first-order valence-corrected chi connectivity index (χ1v) is 8.29. The highest BCUT2D eigenvalue weighted by molar-refractivity contribution is 8.01. The molecule has 1 aromatic rings. The molecule has 2 unspecified atom stereocenters. The molecule has 0 bridgehead atoms. The van der Waals surface area contributed by atoms with Crippen molar-refractivity contribution < 1.29 is 5.11 Å². The van der Waals surface area contributed by atoms with Gasteiger partial charge in [-0.05, 0) is 28.8 Å². The molecular weight excluding hydrogens is 262 g/mol. The van der Waals surface area contributed by atoms with E-state index < -0.39 is 0 Å². The topological polar surface area (TPSA) is 32.3 Å². The zero-order valence-corrected chi connectivity index (χ0v) is 13.2. The summed E-state index contributed by atoms with van der Waals surface area (Å²) in [6.45, 7) is 9.18. The fraction of sp³-hybridized carbons (Fsp3) is 0.714. The summed E-state index contributed by atoms with van der Waals surface area (Å²) in [6, 6.07) is 2.62. The third kappa shape index (κ3) is 3.29. The monoisotopic (exact) mass is 285 g/mol. The summed E-state index contributed by atoms with van der Waals surface area (Å²) in [5, 5.41) is 16.5. The van der Waals surface area contributed by atoms with E-state index in [1.54, 1.807) is 0 Å². The van der Waals surface area contributed by atoms with E-state index in [1.165, 1.54) is 9.77 Å². The first-order valence-electron chi connectivity index (χ1n) is 6.53. The van der Waals surface area contributed by atoms with Gasteiger partial charge in [0.05, 0.1) is 10.3 Å². The van der Waals surface area contributed by atoms with Crippen LogP contribution in [0.4, 0.5) is 0 Å². The second-order valence-corrected chi connectivity index (χ2v) is 8.79. The molecule has 2 nitrogen and oxygen atoms in total. The maximum absolute atomic E-state index is 10.1. The van der Waals surface area contributed by atoms with Gasteiger partial charge in [0.25, 0.3) is 0 Å². The van der Waals surface area contributed by atoms with Crippen LogP contribution >= 0.6 is 23.1 Å². The molecular formula is C14H23NOS2. The highest BCUT2D eigenvalue weighted by atomic mass is 32.2. The smallest absolute Gasteiger partial charge is 0.0712 e. The second kappa shape index (κ2) is 5.53. The van der Waals surface area contributed by atoms with Crippen LogP contribution in [0.2, 0.25) is 0 Å². The minimum atomic E-state index is -0.301. The van der Waals surface area contributed by atoms with Gasteiger partial charge in [-0.15, -0.1) is 23.1 Å². The number of fused-ring (bicyclic) bond motifs is 1. The molecule has 2 heterocycles. The number of thioether (sulfide) groups is 1. The zero-order valence-electron chi connectivity index (χ0n) is 11.6. The van der Waals surface area contributed by atoms with E-state index in [0.29, 0.717) is 17.8 Å². The van der Waals surface area contributed by atoms with Gasteiger partial charge in [-0.3, -0.25) is 0 Å². The maximum Gasteiger partial charge on any atom is 0.0712 e. The highest BCUT2D eigenvalue weighted by Gasteiger charge is 2.28. The Bertz CT molecular complexity index is 397. The van der Waals surface area contributed by atoms with Crippen LogP contribution in [0.3, 0.4) is 0 Å². The lowest BCUT2D eigenvalue weighted by atomic mass is 9.89. The minimum Gasteiger partial charge on any atom is -0.391 e. The molecule has 0 fully saturated rings. The van der Waals surface area contributed by atoms with Crippen molar-refractivity contribution in [1.82, 2.24) is 5.32 Å². The number of nitrogens with one attached hydrogen (secondary N) is 1. The number of hydrogen-bond acceptors (Lipinski definition) is 4. The van der Waals surface area contributed by atoms with Crippen LogP contribution in [0.25, 0.3) is 0 Å². The van der Waals surface area contributed by atoms with Crippen LogP contribution in [0.1, 0.15) is 45.7 Å².